The van der Waals surface area contributed by atoms with Crippen LogP contribution in [-0.2, 0) is 14.3 Å². The van der Waals surface area contributed by atoms with Crippen LogP contribution in [0.15, 0.2) is 0 Å². The lowest BCUT2D eigenvalue weighted by Crippen LogP contribution is -2.42. The number of hydrogen-bond acceptors (Lipinski definition) is 4. The number of ether oxygens (including phenoxy) is 2. The Kier molecular flexibility index (Phi) is 4.95. The van der Waals surface area contributed by atoms with Crippen molar-refractivity contribution >= 4 is 5.97 Å². The molecule has 2 unspecified atom stereocenters. The van der Waals surface area contributed by atoms with E-state index in [4.69, 9.17) is 10.5 Å². The summed E-state index contributed by atoms with van der Waals surface area (Å²) < 4.78 is 10.0. The van der Waals surface area contributed by atoms with Crippen molar-refractivity contribution in [3.8, 4) is 0 Å². The van der Waals surface area contributed by atoms with Gasteiger partial charge in [0.25, 0.3) is 0 Å². The molecular formula is C9H19NO3. The van der Waals surface area contributed by atoms with Gasteiger partial charge in [0, 0.05) is 6.54 Å². The molecule has 13 heavy (non-hydrogen) atoms. The molecule has 0 aliphatic heterocycles. The summed E-state index contributed by atoms with van der Waals surface area (Å²) in [6, 6.07) is 0. The third-order valence-electron chi connectivity index (χ3n) is 2.17. The van der Waals surface area contributed by atoms with Gasteiger partial charge in [-0.2, -0.15) is 0 Å². The average Bonchev–Trinajstić information content (AvgIpc) is 2.16. The first kappa shape index (κ1) is 12.4. The van der Waals surface area contributed by atoms with Gasteiger partial charge in [0.2, 0.25) is 0 Å². The minimum absolute atomic E-state index is 0.367. The second kappa shape index (κ2) is 5.19. The van der Waals surface area contributed by atoms with E-state index >= 15 is 0 Å². The Labute approximate surface area is 79.4 Å². The van der Waals surface area contributed by atoms with Gasteiger partial charge < -0.3 is 15.2 Å². The molecule has 0 aromatic carbocycles. The summed E-state index contributed by atoms with van der Waals surface area (Å²) >= 11 is 0. The highest BCUT2D eigenvalue weighted by Gasteiger charge is 2.27. The monoisotopic (exact) mass is 189 g/mol. The number of carbonyl (C=O) groups is 1. The van der Waals surface area contributed by atoms with Gasteiger partial charge in [-0.25, -0.2) is 4.79 Å². The standard InChI is InChI=1S/C9H19NO3/c1-5-9(3,6-10)13-7(2)8(11)12-4/h7H,5-6,10H2,1-4H3. The van der Waals surface area contributed by atoms with Crippen molar-refractivity contribution in [3.63, 3.8) is 0 Å². The highest BCUT2D eigenvalue weighted by molar-refractivity contribution is 5.74. The van der Waals surface area contributed by atoms with Crippen molar-refractivity contribution in [2.24, 2.45) is 5.73 Å². The van der Waals surface area contributed by atoms with Gasteiger partial charge in [0.15, 0.2) is 6.10 Å². The van der Waals surface area contributed by atoms with E-state index < -0.39 is 11.7 Å². The lowest BCUT2D eigenvalue weighted by atomic mass is 10.0. The predicted molar refractivity (Wildman–Crippen MR) is 50.3 cm³/mol. The summed E-state index contributed by atoms with van der Waals surface area (Å²) in [5.41, 5.74) is 5.09. The molecule has 78 valence electrons. The molecule has 0 aliphatic rings. The first-order valence-electron chi connectivity index (χ1n) is 4.44. The molecule has 0 saturated heterocycles. The highest BCUT2D eigenvalue weighted by atomic mass is 16.6. The fourth-order valence-electron chi connectivity index (χ4n) is 0.917. The lowest BCUT2D eigenvalue weighted by Gasteiger charge is -2.29. The van der Waals surface area contributed by atoms with E-state index in [0.717, 1.165) is 6.42 Å². The molecule has 4 heteroatoms. The Balaban J connectivity index is 4.16. The Hall–Kier alpha value is -0.610. The van der Waals surface area contributed by atoms with Crippen LogP contribution in [-0.4, -0.2) is 31.3 Å². The highest BCUT2D eigenvalue weighted by Crippen LogP contribution is 2.16. The van der Waals surface area contributed by atoms with E-state index in [0.29, 0.717) is 6.54 Å². The third kappa shape index (κ3) is 3.74. The minimum atomic E-state index is -0.557. The molecule has 0 amide bonds. The molecule has 0 fully saturated rings. The Bertz CT molecular complexity index is 166. The molecule has 0 saturated carbocycles. The summed E-state index contributed by atoms with van der Waals surface area (Å²) in [5, 5.41) is 0. The first-order chi connectivity index (χ1) is 5.99. The summed E-state index contributed by atoms with van der Waals surface area (Å²) in [6.07, 6.45) is 0.212. The minimum Gasteiger partial charge on any atom is -0.467 e. The molecular weight excluding hydrogens is 170 g/mol. The SMILES string of the molecule is CCC(C)(CN)OC(C)C(=O)OC. The molecule has 2 atom stereocenters. The lowest BCUT2D eigenvalue weighted by molar-refractivity contribution is -0.163. The van der Waals surface area contributed by atoms with Gasteiger partial charge in [-0.1, -0.05) is 6.92 Å². The molecule has 0 heterocycles. The van der Waals surface area contributed by atoms with Crippen LogP contribution in [0.2, 0.25) is 0 Å². The second-order valence-electron chi connectivity index (χ2n) is 3.29. The zero-order valence-electron chi connectivity index (χ0n) is 8.79. The molecule has 0 aromatic heterocycles. The van der Waals surface area contributed by atoms with Crippen LogP contribution >= 0.6 is 0 Å². The number of carbonyl (C=O) groups excluding carboxylic acids is 1. The summed E-state index contributed by atoms with van der Waals surface area (Å²) in [4.78, 5) is 11.0. The maximum atomic E-state index is 11.0. The van der Waals surface area contributed by atoms with Crippen molar-refractivity contribution < 1.29 is 14.3 Å². The molecule has 4 nitrogen and oxygen atoms in total. The van der Waals surface area contributed by atoms with E-state index in [-0.39, 0.29) is 5.97 Å². The maximum absolute atomic E-state index is 11.0. The zero-order valence-corrected chi connectivity index (χ0v) is 8.79. The smallest absolute Gasteiger partial charge is 0.334 e. The average molecular weight is 189 g/mol. The quantitative estimate of drug-likeness (QED) is 0.646. The van der Waals surface area contributed by atoms with Crippen LogP contribution in [0.3, 0.4) is 0 Å². The molecule has 0 aliphatic carbocycles. The zero-order chi connectivity index (χ0) is 10.5. The van der Waals surface area contributed by atoms with Gasteiger partial charge in [-0.15, -0.1) is 0 Å². The molecule has 2 N–H and O–H groups in total. The van der Waals surface area contributed by atoms with Crippen LogP contribution in [0.4, 0.5) is 0 Å². The van der Waals surface area contributed by atoms with Crippen molar-refractivity contribution in [1.82, 2.24) is 0 Å². The maximum Gasteiger partial charge on any atom is 0.334 e. The van der Waals surface area contributed by atoms with Crippen LogP contribution in [0.1, 0.15) is 27.2 Å². The van der Waals surface area contributed by atoms with Crippen LogP contribution in [0.25, 0.3) is 0 Å². The van der Waals surface area contributed by atoms with Crippen LogP contribution < -0.4 is 5.73 Å². The van der Waals surface area contributed by atoms with Crippen molar-refractivity contribution in [2.45, 2.75) is 38.9 Å². The fourth-order valence-corrected chi connectivity index (χ4v) is 0.917. The van der Waals surface area contributed by atoms with E-state index in [1.54, 1.807) is 6.92 Å². The third-order valence-corrected chi connectivity index (χ3v) is 2.17. The van der Waals surface area contributed by atoms with Gasteiger partial charge in [0.1, 0.15) is 0 Å². The number of rotatable bonds is 5. The van der Waals surface area contributed by atoms with Crippen LogP contribution in [0, 0.1) is 0 Å². The largest absolute Gasteiger partial charge is 0.467 e. The summed E-state index contributed by atoms with van der Waals surface area (Å²) in [5.74, 6) is -0.367. The van der Waals surface area contributed by atoms with Gasteiger partial charge in [-0.05, 0) is 20.3 Å². The molecule has 0 bridgehead atoms. The summed E-state index contributed by atoms with van der Waals surface area (Å²) in [6.45, 7) is 5.91. The normalized spacial score (nSPS) is 17.6. The predicted octanol–water partition coefficient (Wildman–Crippen LogP) is 0.692. The van der Waals surface area contributed by atoms with Crippen molar-refractivity contribution in [3.05, 3.63) is 0 Å². The van der Waals surface area contributed by atoms with Gasteiger partial charge in [-0.3, -0.25) is 0 Å². The Morgan fingerprint density at radius 2 is 2.15 bits per heavy atom. The molecule has 0 rings (SSSR count). The topological polar surface area (TPSA) is 61.5 Å². The van der Waals surface area contributed by atoms with E-state index in [1.807, 2.05) is 13.8 Å². The van der Waals surface area contributed by atoms with Crippen molar-refractivity contribution in [1.29, 1.82) is 0 Å². The molecule has 0 spiro atoms. The van der Waals surface area contributed by atoms with E-state index in [1.165, 1.54) is 7.11 Å². The number of methoxy groups -OCH3 is 1. The number of esters is 1. The van der Waals surface area contributed by atoms with E-state index in [9.17, 15) is 4.79 Å². The molecule has 0 aromatic rings. The fraction of sp³-hybridized carbons (Fsp3) is 0.889. The van der Waals surface area contributed by atoms with Gasteiger partial charge >= 0.3 is 5.97 Å². The number of hydrogen-bond donors (Lipinski definition) is 1. The Morgan fingerprint density at radius 1 is 1.62 bits per heavy atom. The second-order valence-corrected chi connectivity index (χ2v) is 3.29. The van der Waals surface area contributed by atoms with Crippen LogP contribution in [0.5, 0.6) is 0 Å². The van der Waals surface area contributed by atoms with Gasteiger partial charge in [0.05, 0.1) is 12.7 Å². The van der Waals surface area contributed by atoms with E-state index in [2.05, 4.69) is 4.74 Å². The van der Waals surface area contributed by atoms with Crippen molar-refractivity contribution in [2.75, 3.05) is 13.7 Å². The summed E-state index contributed by atoms with van der Waals surface area (Å²) in [7, 11) is 1.34. The number of nitrogens with two attached hydrogens (primary N) is 1. The first-order valence-corrected chi connectivity index (χ1v) is 4.44. The molecule has 0 radical (unpaired) electrons. The Morgan fingerprint density at radius 3 is 2.46 bits per heavy atom.